The first-order chi connectivity index (χ1) is 14.3. The smallest absolute Gasteiger partial charge is 0.339 e. The van der Waals surface area contributed by atoms with Gasteiger partial charge in [-0.25, -0.2) is 19.2 Å². The highest BCUT2D eigenvalue weighted by molar-refractivity contribution is 6.00. The van der Waals surface area contributed by atoms with E-state index in [1.165, 1.54) is 37.6 Å². The van der Waals surface area contributed by atoms with Crippen LogP contribution >= 0.6 is 0 Å². The topological polar surface area (TPSA) is 139 Å². The number of nitrogens with two attached hydrogens (primary N) is 1. The van der Waals surface area contributed by atoms with E-state index in [4.69, 9.17) is 10.5 Å². The van der Waals surface area contributed by atoms with Crippen LogP contribution < -0.4 is 21.1 Å². The molecule has 0 radical (unpaired) electrons. The number of aryl methyl sites for hydroxylation is 1. The van der Waals surface area contributed by atoms with Crippen LogP contribution in [0.2, 0.25) is 0 Å². The fourth-order valence-corrected chi connectivity index (χ4v) is 2.73. The van der Waals surface area contributed by atoms with Crippen molar-refractivity contribution in [3.8, 4) is 5.75 Å². The van der Waals surface area contributed by atoms with E-state index in [1.807, 2.05) is 0 Å². The summed E-state index contributed by atoms with van der Waals surface area (Å²) in [5.74, 6) is -1.60. The molecule has 5 N–H and O–H groups in total. The molecule has 1 aromatic carbocycles. The molecule has 3 aromatic rings. The third-order valence-corrected chi connectivity index (χ3v) is 4.19. The Morgan fingerprint density at radius 3 is 2.40 bits per heavy atom. The summed E-state index contributed by atoms with van der Waals surface area (Å²) in [6.07, 6.45) is 2.34. The number of carboxylic acids is 1. The first-order valence-electron chi connectivity index (χ1n) is 8.66. The van der Waals surface area contributed by atoms with Gasteiger partial charge in [0.2, 0.25) is 0 Å². The number of carbonyl (C=O) groups excluding carboxylic acids is 1. The molecule has 0 bridgehead atoms. The largest absolute Gasteiger partial charge is 0.494 e. The van der Waals surface area contributed by atoms with Gasteiger partial charge < -0.3 is 26.2 Å². The number of nitrogens with zero attached hydrogens (tertiary/aromatic N) is 2. The Kier molecular flexibility index (Phi) is 5.77. The van der Waals surface area contributed by atoms with Crippen LogP contribution in [0.3, 0.4) is 0 Å². The third kappa shape index (κ3) is 4.27. The number of carboxylic acid groups (broad SMARTS) is 1. The van der Waals surface area contributed by atoms with Crippen molar-refractivity contribution in [3.63, 3.8) is 0 Å². The van der Waals surface area contributed by atoms with E-state index >= 15 is 0 Å². The molecular formula is C20H18FN5O4. The van der Waals surface area contributed by atoms with Gasteiger partial charge in [0, 0.05) is 12.3 Å². The fraction of sp³-hybridized carbons (Fsp3) is 0.100. The van der Waals surface area contributed by atoms with Crippen molar-refractivity contribution in [2.45, 2.75) is 6.92 Å². The maximum Gasteiger partial charge on any atom is 0.339 e. The molecule has 0 spiro atoms. The number of aromatic carboxylic acids is 1. The molecule has 0 unspecified atom stereocenters. The Morgan fingerprint density at radius 2 is 1.77 bits per heavy atom. The third-order valence-electron chi connectivity index (χ3n) is 4.19. The summed E-state index contributed by atoms with van der Waals surface area (Å²) in [7, 11) is 1.34. The zero-order valence-electron chi connectivity index (χ0n) is 16.1. The number of hydrogen-bond acceptors (Lipinski definition) is 7. The van der Waals surface area contributed by atoms with Gasteiger partial charge in [0.15, 0.2) is 5.75 Å². The Hall–Kier alpha value is -4.21. The molecule has 2 heterocycles. The lowest BCUT2D eigenvalue weighted by Crippen LogP contribution is -2.14. The average molecular weight is 411 g/mol. The number of nitrogens with one attached hydrogen (secondary N) is 2. The number of amides is 1. The number of aromatic nitrogens is 2. The van der Waals surface area contributed by atoms with E-state index in [9.17, 15) is 19.1 Å². The maximum atomic E-state index is 13.4. The zero-order chi connectivity index (χ0) is 21.8. The minimum Gasteiger partial charge on any atom is -0.494 e. The SMILES string of the molecule is COc1c(Nc2cc(Nc3cc(C)c(F)cn3)ncc2C(N)=O)cccc1C(=O)O. The van der Waals surface area contributed by atoms with E-state index < -0.39 is 17.7 Å². The van der Waals surface area contributed by atoms with E-state index in [1.54, 1.807) is 13.0 Å². The van der Waals surface area contributed by atoms with E-state index in [2.05, 4.69) is 20.6 Å². The number of ether oxygens (including phenoxy) is 1. The number of halogens is 1. The van der Waals surface area contributed by atoms with Crippen molar-refractivity contribution in [3.05, 3.63) is 65.2 Å². The van der Waals surface area contributed by atoms with Gasteiger partial charge in [-0.2, -0.15) is 0 Å². The normalized spacial score (nSPS) is 10.4. The van der Waals surface area contributed by atoms with E-state index in [-0.39, 0.29) is 22.6 Å². The van der Waals surface area contributed by atoms with Crippen LogP contribution in [0, 0.1) is 12.7 Å². The number of benzene rings is 1. The van der Waals surface area contributed by atoms with Gasteiger partial charge in [0.05, 0.1) is 30.2 Å². The Bertz CT molecular complexity index is 1140. The molecule has 0 aliphatic heterocycles. The Balaban J connectivity index is 2.00. The molecule has 154 valence electrons. The molecule has 30 heavy (non-hydrogen) atoms. The molecule has 0 saturated heterocycles. The van der Waals surface area contributed by atoms with Gasteiger partial charge in [-0.15, -0.1) is 0 Å². The van der Waals surface area contributed by atoms with Crippen LogP contribution in [-0.4, -0.2) is 34.1 Å². The van der Waals surface area contributed by atoms with Gasteiger partial charge in [0.25, 0.3) is 5.91 Å². The van der Waals surface area contributed by atoms with Crippen molar-refractivity contribution in [2.75, 3.05) is 17.7 Å². The highest BCUT2D eigenvalue weighted by Crippen LogP contribution is 2.33. The van der Waals surface area contributed by atoms with Crippen LogP contribution in [0.25, 0.3) is 0 Å². The highest BCUT2D eigenvalue weighted by Gasteiger charge is 2.17. The lowest BCUT2D eigenvalue weighted by Gasteiger charge is -2.16. The summed E-state index contributed by atoms with van der Waals surface area (Å²) >= 11 is 0. The molecule has 0 saturated carbocycles. The number of pyridine rings is 2. The number of primary amides is 1. The maximum absolute atomic E-state index is 13.4. The molecule has 0 atom stereocenters. The number of methoxy groups -OCH3 is 1. The van der Waals surface area contributed by atoms with Crippen LogP contribution in [0.1, 0.15) is 26.3 Å². The zero-order valence-corrected chi connectivity index (χ0v) is 16.1. The first-order valence-corrected chi connectivity index (χ1v) is 8.66. The summed E-state index contributed by atoms with van der Waals surface area (Å²) in [6.45, 7) is 1.60. The predicted molar refractivity (Wildman–Crippen MR) is 108 cm³/mol. The van der Waals surface area contributed by atoms with Gasteiger partial charge in [-0.3, -0.25) is 4.79 Å². The first kappa shape index (κ1) is 20.5. The second kappa shape index (κ2) is 8.43. The molecule has 1 amide bonds. The summed E-state index contributed by atoms with van der Waals surface area (Å²) in [5, 5.41) is 15.2. The number of carbonyl (C=O) groups is 2. The molecular weight excluding hydrogens is 393 g/mol. The Morgan fingerprint density at radius 1 is 1.07 bits per heavy atom. The lowest BCUT2D eigenvalue weighted by molar-refractivity contribution is 0.0693. The molecule has 0 aliphatic carbocycles. The van der Waals surface area contributed by atoms with E-state index in [0.29, 0.717) is 22.9 Å². The molecule has 10 heteroatoms. The second-order valence-electron chi connectivity index (χ2n) is 6.24. The van der Waals surface area contributed by atoms with Crippen LogP contribution in [0.5, 0.6) is 5.75 Å². The molecule has 2 aromatic heterocycles. The quantitative estimate of drug-likeness (QED) is 0.465. The van der Waals surface area contributed by atoms with Gasteiger partial charge >= 0.3 is 5.97 Å². The summed E-state index contributed by atoms with van der Waals surface area (Å²) < 4.78 is 18.6. The van der Waals surface area contributed by atoms with Gasteiger partial charge in [-0.05, 0) is 30.7 Å². The van der Waals surface area contributed by atoms with Crippen molar-refractivity contribution in [1.82, 2.24) is 9.97 Å². The predicted octanol–water partition coefficient (Wildman–Crippen LogP) is 3.22. The standard InChI is InChI=1S/C20H18FN5O4/c1-10-6-16(24-9-13(10)21)26-17-7-15(12(8-23-17)19(22)27)25-14-5-3-4-11(20(28)29)18(14)30-2/h3-9H,1-2H3,(H2,22,27)(H,28,29)(H2,23,24,25,26). The van der Waals surface area contributed by atoms with Gasteiger partial charge in [-0.1, -0.05) is 6.07 Å². The minimum atomic E-state index is -1.17. The molecule has 0 aliphatic rings. The van der Waals surface area contributed by atoms with Crippen molar-refractivity contribution in [2.24, 2.45) is 5.73 Å². The molecule has 9 nitrogen and oxygen atoms in total. The van der Waals surface area contributed by atoms with Crippen LogP contribution in [-0.2, 0) is 0 Å². The van der Waals surface area contributed by atoms with Crippen LogP contribution in [0.15, 0.2) is 42.7 Å². The van der Waals surface area contributed by atoms with Crippen molar-refractivity contribution < 1.29 is 23.8 Å². The number of para-hydroxylation sites is 1. The molecule has 3 rings (SSSR count). The monoisotopic (exact) mass is 411 g/mol. The van der Waals surface area contributed by atoms with E-state index in [0.717, 1.165) is 6.20 Å². The number of anilines is 4. The van der Waals surface area contributed by atoms with Gasteiger partial charge in [0.1, 0.15) is 23.0 Å². The number of hydrogen-bond donors (Lipinski definition) is 4. The summed E-state index contributed by atoms with van der Waals surface area (Å²) in [6, 6.07) is 7.51. The fourth-order valence-electron chi connectivity index (χ4n) is 2.73. The van der Waals surface area contributed by atoms with Crippen molar-refractivity contribution in [1.29, 1.82) is 0 Å². The average Bonchev–Trinajstić information content (AvgIpc) is 2.70. The van der Waals surface area contributed by atoms with Crippen LogP contribution in [0.4, 0.5) is 27.4 Å². The minimum absolute atomic E-state index is 0.0542. The second-order valence-corrected chi connectivity index (χ2v) is 6.24. The summed E-state index contributed by atoms with van der Waals surface area (Å²) in [4.78, 5) is 31.3. The highest BCUT2D eigenvalue weighted by atomic mass is 19.1. The lowest BCUT2D eigenvalue weighted by atomic mass is 10.1. The Labute approximate surface area is 170 Å². The molecule has 0 fully saturated rings. The van der Waals surface area contributed by atoms with Crippen molar-refractivity contribution >= 4 is 34.9 Å². The summed E-state index contributed by atoms with van der Waals surface area (Å²) in [5.41, 5.74) is 6.43. The number of rotatable bonds is 7.